The molecule has 16 heteroatoms. The number of fused-ring (bicyclic) bond motifs is 8. The standard InChI is InChI=1S/C59H92O16/c1-30(18-31(2)28-60)19-42-33(4)21-48-56(7,74-42)27-46-54(71-48)55(65)59(10)50(69-46)26-45-53(75-59)32(3)12-11-13-40-39(67-45)16-17-47-57(8,72-40)29-58(9)49(70-47)25-44-41(73-58)15-14-38(62)43(68-44)24-36(61)23-37-20-34(5)52(66-37)35(6)22-51(63)64/h11-12,18,31-32,34-50,52-55,60-62,65H,4,13-17,19-29H2,1-3,5-10H3,(H,63,64)/b12-11-,30-18+/t31-,32-,34-,35+,36-,37+,38+,39-,40+,41-,42+,43-,44+,45+,46+,47+,48+,49-,50-,52+,53-,54+,55-,56-,57-,58+,59-/m1/s1. The highest BCUT2D eigenvalue weighted by Gasteiger charge is 2.65. The molecule has 424 valence electrons. The van der Waals surface area contributed by atoms with E-state index >= 15 is 0 Å². The van der Waals surface area contributed by atoms with Crippen LogP contribution >= 0.6 is 0 Å². The van der Waals surface area contributed by atoms with E-state index in [4.69, 9.17) is 47.4 Å². The molecule has 10 aliphatic rings. The van der Waals surface area contributed by atoms with Crippen molar-refractivity contribution in [3.05, 3.63) is 36.0 Å². The van der Waals surface area contributed by atoms with E-state index in [2.05, 4.69) is 66.3 Å². The van der Waals surface area contributed by atoms with E-state index < -0.39 is 71.1 Å². The van der Waals surface area contributed by atoms with Gasteiger partial charge in [-0.15, -0.1) is 0 Å². The lowest BCUT2D eigenvalue weighted by molar-refractivity contribution is -0.369. The summed E-state index contributed by atoms with van der Waals surface area (Å²) in [4.78, 5) is 11.4. The molecule has 9 fully saturated rings. The van der Waals surface area contributed by atoms with E-state index in [-0.39, 0.29) is 116 Å². The largest absolute Gasteiger partial charge is 0.481 e. The molecule has 0 amide bonds. The molecule has 9 saturated heterocycles. The summed E-state index contributed by atoms with van der Waals surface area (Å²) in [5.74, 6) is -0.742. The van der Waals surface area contributed by atoms with Gasteiger partial charge in [0, 0.05) is 44.6 Å². The third kappa shape index (κ3) is 11.3. The molecule has 0 aromatic heterocycles. The zero-order valence-corrected chi connectivity index (χ0v) is 46.3. The quantitative estimate of drug-likeness (QED) is 0.134. The fraction of sp³-hybridized carbons (Fsp3) is 0.881. The van der Waals surface area contributed by atoms with Crippen molar-refractivity contribution >= 4 is 5.97 Å². The Balaban J connectivity index is 0.787. The van der Waals surface area contributed by atoms with Gasteiger partial charge in [-0.3, -0.25) is 4.79 Å². The summed E-state index contributed by atoms with van der Waals surface area (Å²) in [7, 11) is 0. The summed E-state index contributed by atoms with van der Waals surface area (Å²) in [5, 5.41) is 54.2. The second-order valence-electron chi connectivity index (χ2n) is 26.3. The maximum absolute atomic E-state index is 12.4. The van der Waals surface area contributed by atoms with Crippen molar-refractivity contribution in [2.75, 3.05) is 6.61 Å². The molecule has 27 atom stereocenters. The minimum Gasteiger partial charge on any atom is -0.481 e. The van der Waals surface area contributed by atoms with Gasteiger partial charge in [0.05, 0.1) is 127 Å². The van der Waals surface area contributed by atoms with E-state index in [9.17, 15) is 30.3 Å². The molecule has 5 N–H and O–H groups in total. The highest BCUT2D eigenvalue weighted by molar-refractivity contribution is 5.67. The molecule has 10 rings (SSSR count). The maximum atomic E-state index is 12.4. The van der Waals surface area contributed by atoms with Crippen LogP contribution in [0.3, 0.4) is 0 Å². The normalized spacial score (nSPS) is 51.6. The summed E-state index contributed by atoms with van der Waals surface area (Å²) in [6.07, 6.45) is 6.94. The van der Waals surface area contributed by atoms with Gasteiger partial charge in [-0.05, 0) is 116 Å². The molecule has 0 saturated carbocycles. The number of aliphatic carboxylic acids is 1. The Kier molecular flexibility index (Phi) is 16.5. The van der Waals surface area contributed by atoms with Gasteiger partial charge in [0.15, 0.2) is 0 Å². The first-order chi connectivity index (χ1) is 35.5. The average Bonchev–Trinajstić information content (AvgIpc) is 3.59. The van der Waals surface area contributed by atoms with Crippen LogP contribution in [0.2, 0.25) is 0 Å². The average molecular weight is 1060 g/mol. The van der Waals surface area contributed by atoms with Crippen LogP contribution in [0.4, 0.5) is 0 Å². The molecule has 0 aromatic carbocycles. The summed E-state index contributed by atoms with van der Waals surface area (Å²) >= 11 is 0. The van der Waals surface area contributed by atoms with Crippen LogP contribution in [0, 0.1) is 23.7 Å². The van der Waals surface area contributed by atoms with E-state index in [1.54, 1.807) is 0 Å². The third-order valence-corrected chi connectivity index (χ3v) is 19.8. The lowest BCUT2D eigenvalue weighted by Crippen LogP contribution is -2.74. The van der Waals surface area contributed by atoms with Crippen LogP contribution in [0.25, 0.3) is 0 Å². The number of carboxylic acid groups (broad SMARTS) is 1. The van der Waals surface area contributed by atoms with Crippen LogP contribution in [0.5, 0.6) is 0 Å². The molecule has 16 nitrogen and oxygen atoms in total. The van der Waals surface area contributed by atoms with Gasteiger partial charge < -0.3 is 72.9 Å². The number of carbonyl (C=O) groups is 1. The van der Waals surface area contributed by atoms with Crippen molar-refractivity contribution in [2.24, 2.45) is 23.7 Å². The summed E-state index contributed by atoms with van der Waals surface area (Å²) in [6, 6.07) is 0. The van der Waals surface area contributed by atoms with Crippen LogP contribution in [0.1, 0.15) is 159 Å². The van der Waals surface area contributed by atoms with Crippen molar-refractivity contribution in [1.82, 2.24) is 0 Å². The van der Waals surface area contributed by atoms with E-state index in [0.29, 0.717) is 77.0 Å². The number of hydrogen-bond acceptors (Lipinski definition) is 15. The zero-order chi connectivity index (χ0) is 53.5. The summed E-state index contributed by atoms with van der Waals surface area (Å²) in [6.45, 7) is 23.1. The van der Waals surface area contributed by atoms with Crippen molar-refractivity contribution in [3.63, 3.8) is 0 Å². The van der Waals surface area contributed by atoms with Gasteiger partial charge in [0.1, 0.15) is 17.8 Å². The first-order valence-electron chi connectivity index (χ1n) is 29.0. The number of ether oxygens (including phenoxy) is 10. The number of carboxylic acids is 1. The third-order valence-electron chi connectivity index (χ3n) is 19.8. The Hall–Kier alpha value is -1.87. The van der Waals surface area contributed by atoms with Gasteiger partial charge >= 0.3 is 5.97 Å². The first-order valence-corrected chi connectivity index (χ1v) is 29.0. The SMILES string of the molecule is C=C1C[C@@H]2O[C@H]3[C@H](C[C@@]2(C)O[C@H]1C/C(C)=C/[C@@H](C)CO)O[C@@H]1C[C@@H]2O[C@@H]4CC[C@@H]5O[C@@H]6C[C@@H]7O[C@H](C[C@H](O)C[C@@H]8C[C@@H](C)[C@@H]([C@@H](C)CC(=O)O)O8)[C@@H](O)CC[C@H]7O[C@@]6(C)C[C@@]5(C)O[C@H]4C/C=C\[C@@H](C)[C@H]2O[C@@]1(C)[C@@H]3O. The number of aliphatic hydroxyl groups excluding tert-OH is 4. The Morgan fingerprint density at radius 3 is 2.27 bits per heavy atom. The van der Waals surface area contributed by atoms with Crippen LogP contribution in [-0.4, -0.2) is 176 Å². The topological polar surface area (TPSA) is 211 Å². The molecule has 10 aliphatic heterocycles. The highest BCUT2D eigenvalue weighted by atomic mass is 16.6. The minimum atomic E-state index is -1.05. The van der Waals surface area contributed by atoms with E-state index in [1.807, 2.05) is 20.8 Å². The van der Waals surface area contributed by atoms with Gasteiger partial charge in [-0.1, -0.05) is 58.1 Å². The zero-order valence-electron chi connectivity index (χ0n) is 46.3. The number of rotatable bonds is 11. The first kappa shape index (κ1) is 56.4. The lowest BCUT2D eigenvalue weighted by Gasteiger charge is -2.61. The van der Waals surface area contributed by atoms with Crippen LogP contribution in [0.15, 0.2) is 36.0 Å². The fourth-order valence-electron chi connectivity index (χ4n) is 15.8. The monoisotopic (exact) mass is 1060 g/mol. The van der Waals surface area contributed by atoms with Gasteiger partial charge in [0.2, 0.25) is 0 Å². The van der Waals surface area contributed by atoms with Crippen molar-refractivity contribution in [1.29, 1.82) is 0 Å². The minimum absolute atomic E-state index is 0.0214. The second kappa shape index (κ2) is 21.9. The Bertz CT molecular complexity index is 2100. The molecule has 0 bridgehead atoms. The number of hydrogen-bond donors (Lipinski definition) is 5. The van der Waals surface area contributed by atoms with Crippen molar-refractivity contribution in [3.8, 4) is 0 Å². The Labute approximate surface area is 445 Å². The van der Waals surface area contributed by atoms with Crippen LogP contribution in [-0.2, 0) is 52.2 Å². The summed E-state index contributed by atoms with van der Waals surface area (Å²) < 4.78 is 69.8. The molecule has 0 spiro atoms. The van der Waals surface area contributed by atoms with Gasteiger partial charge in [-0.2, -0.15) is 0 Å². The molecular formula is C59H92O16. The van der Waals surface area contributed by atoms with Crippen molar-refractivity contribution < 1.29 is 77.7 Å². The molecule has 0 aliphatic carbocycles. The predicted molar refractivity (Wildman–Crippen MR) is 276 cm³/mol. The predicted octanol–water partition coefficient (Wildman–Crippen LogP) is 6.84. The second-order valence-corrected chi connectivity index (χ2v) is 26.3. The van der Waals surface area contributed by atoms with Crippen LogP contribution < -0.4 is 0 Å². The van der Waals surface area contributed by atoms with Crippen molar-refractivity contribution in [2.45, 2.75) is 297 Å². The van der Waals surface area contributed by atoms with Gasteiger partial charge in [-0.25, -0.2) is 0 Å². The van der Waals surface area contributed by atoms with E-state index in [0.717, 1.165) is 17.6 Å². The Morgan fingerprint density at radius 2 is 1.51 bits per heavy atom. The molecule has 0 radical (unpaired) electrons. The maximum Gasteiger partial charge on any atom is 0.303 e. The smallest absolute Gasteiger partial charge is 0.303 e. The fourth-order valence-corrected chi connectivity index (χ4v) is 15.8. The summed E-state index contributed by atoms with van der Waals surface area (Å²) in [5.41, 5.74) is -0.952. The van der Waals surface area contributed by atoms with Gasteiger partial charge in [0.25, 0.3) is 0 Å². The molecule has 0 unspecified atom stereocenters. The lowest BCUT2D eigenvalue weighted by atomic mass is 9.72. The molecule has 10 heterocycles. The number of aliphatic hydroxyl groups is 4. The molecular weight excluding hydrogens is 965 g/mol. The highest BCUT2D eigenvalue weighted by Crippen LogP contribution is 2.54. The van der Waals surface area contributed by atoms with E-state index in [1.165, 1.54) is 0 Å². The molecule has 0 aromatic rings. The molecule has 75 heavy (non-hydrogen) atoms. The Morgan fingerprint density at radius 1 is 0.773 bits per heavy atom.